The van der Waals surface area contributed by atoms with E-state index in [1.54, 1.807) is 27.7 Å². The highest BCUT2D eigenvalue weighted by Gasteiger charge is 2.18. The van der Waals surface area contributed by atoms with Crippen molar-refractivity contribution in [2.75, 3.05) is 5.32 Å². The van der Waals surface area contributed by atoms with Crippen LogP contribution < -0.4 is 10.5 Å². The van der Waals surface area contributed by atoms with Gasteiger partial charge < -0.3 is 4.74 Å². The number of nitrogens with two attached hydrogens (primary N) is 1. The predicted molar refractivity (Wildman–Crippen MR) is 74.6 cm³/mol. The first-order valence-corrected chi connectivity index (χ1v) is 7.88. The van der Waals surface area contributed by atoms with Gasteiger partial charge in [0.25, 0.3) is 0 Å². The van der Waals surface area contributed by atoms with Crippen LogP contribution in [0.2, 0.25) is 0 Å². The molecule has 0 unspecified atom stereocenters. The molecule has 1 aromatic heterocycles. The van der Waals surface area contributed by atoms with Gasteiger partial charge >= 0.3 is 16.4 Å². The molecule has 1 amide bonds. The minimum absolute atomic E-state index is 0.224. The number of aromatic nitrogens is 1. The summed E-state index contributed by atoms with van der Waals surface area (Å²) in [5.74, 6) is 0. The zero-order valence-corrected chi connectivity index (χ0v) is 13.2. The molecule has 10 heteroatoms. The van der Waals surface area contributed by atoms with Gasteiger partial charge in [-0.25, -0.2) is 14.9 Å². The molecule has 0 aromatic carbocycles. The van der Waals surface area contributed by atoms with Gasteiger partial charge in [0.15, 0.2) is 5.13 Å². The second-order valence-corrected chi connectivity index (χ2v) is 7.21. The number of ether oxygens (including phenoxy) is 1. The fourth-order valence-corrected chi connectivity index (χ4v) is 2.36. The molecule has 0 aliphatic rings. The summed E-state index contributed by atoms with van der Waals surface area (Å²) < 4.78 is 31.0. The highest BCUT2D eigenvalue weighted by Crippen LogP contribution is 2.24. The summed E-state index contributed by atoms with van der Waals surface area (Å²) in [6.45, 7) is 6.66. The monoisotopic (exact) mass is 323 g/mol. The van der Waals surface area contributed by atoms with E-state index >= 15 is 0 Å². The zero-order valence-electron chi connectivity index (χ0n) is 11.6. The van der Waals surface area contributed by atoms with Crippen molar-refractivity contribution in [2.24, 2.45) is 5.14 Å². The molecule has 114 valence electrons. The molecule has 0 atom stereocenters. The normalized spacial score (nSPS) is 12.2. The van der Waals surface area contributed by atoms with Crippen LogP contribution in [0.3, 0.4) is 0 Å². The van der Waals surface area contributed by atoms with Crippen LogP contribution in [0.5, 0.6) is 0 Å². The quantitative estimate of drug-likeness (QED) is 0.866. The average Bonchev–Trinajstić information content (AvgIpc) is 2.51. The molecule has 1 heterocycles. The number of rotatable bonds is 4. The highest BCUT2D eigenvalue weighted by atomic mass is 32.2. The van der Waals surface area contributed by atoms with Crippen LogP contribution in [0.4, 0.5) is 9.93 Å². The lowest BCUT2D eigenvalue weighted by Crippen LogP contribution is -2.27. The van der Waals surface area contributed by atoms with Crippen molar-refractivity contribution in [1.82, 2.24) is 4.98 Å². The van der Waals surface area contributed by atoms with E-state index < -0.39 is 22.0 Å². The number of anilines is 1. The fourth-order valence-electron chi connectivity index (χ4n) is 1.14. The average molecular weight is 323 g/mol. The molecule has 1 rings (SSSR count). The first-order chi connectivity index (χ1) is 8.96. The van der Waals surface area contributed by atoms with Crippen LogP contribution in [0.15, 0.2) is 0 Å². The van der Waals surface area contributed by atoms with Crippen LogP contribution >= 0.6 is 11.3 Å². The number of hydrogen-bond acceptors (Lipinski definition) is 7. The third-order valence-corrected chi connectivity index (χ3v) is 3.35. The van der Waals surface area contributed by atoms with E-state index in [9.17, 15) is 13.2 Å². The summed E-state index contributed by atoms with van der Waals surface area (Å²) >= 11 is 1.09. The molecule has 0 fully saturated rings. The lowest BCUT2D eigenvalue weighted by atomic mass is 10.2. The van der Waals surface area contributed by atoms with Gasteiger partial charge in [0.1, 0.15) is 12.2 Å². The predicted octanol–water partition coefficient (Wildman–Crippen LogP) is 1.52. The second kappa shape index (κ2) is 6.04. The van der Waals surface area contributed by atoms with Gasteiger partial charge in [0, 0.05) is 0 Å². The summed E-state index contributed by atoms with van der Waals surface area (Å²) in [7, 11) is -4.01. The number of aryl methyl sites for hydroxylation is 1. The number of nitrogens with zero attached hydrogens (tertiary/aromatic N) is 1. The lowest BCUT2D eigenvalue weighted by molar-refractivity contribution is 0.0636. The fraction of sp³-hybridized carbons (Fsp3) is 0.600. The van der Waals surface area contributed by atoms with Gasteiger partial charge in [-0.15, -0.1) is 0 Å². The lowest BCUT2D eigenvalue weighted by Gasteiger charge is -2.18. The molecule has 0 aliphatic carbocycles. The standard InChI is InChI=1S/C10H17N3O5S2/c1-6-7(5-17-20(11,15)16)19-8(12-6)13-9(14)18-10(2,3)4/h5H2,1-4H3,(H2,11,15,16)(H,12,13,14). The van der Waals surface area contributed by atoms with Crippen molar-refractivity contribution in [3.8, 4) is 0 Å². The van der Waals surface area contributed by atoms with E-state index in [0.29, 0.717) is 15.7 Å². The second-order valence-electron chi connectivity index (χ2n) is 4.91. The largest absolute Gasteiger partial charge is 0.444 e. The van der Waals surface area contributed by atoms with Gasteiger partial charge in [-0.05, 0) is 27.7 Å². The van der Waals surface area contributed by atoms with Gasteiger partial charge in [0.05, 0.1) is 10.6 Å². The minimum atomic E-state index is -4.01. The molecular weight excluding hydrogens is 306 g/mol. The van der Waals surface area contributed by atoms with E-state index in [1.807, 2.05) is 0 Å². The van der Waals surface area contributed by atoms with E-state index in [2.05, 4.69) is 14.5 Å². The Kier molecular flexibility index (Phi) is 5.08. The molecule has 0 aliphatic heterocycles. The third kappa shape index (κ3) is 6.28. The number of amides is 1. The SMILES string of the molecule is Cc1nc(NC(=O)OC(C)(C)C)sc1COS(N)(=O)=O. The van der Waals surface area contributed by atoms with E-state index in [4.69, 9.17) is 9.88 Å². The molecule has 0 spiro atoms. The first kappa shape index (κ1) is 16.8. The zero-order chi connectivity index (χ0) is 15.6. The van der Waals surface area contributed by atoms with Crippen LogP contribution in [0.25, 0.3) is 0 Å². The number of hydrogen-bond donors (Lipinski definition) is 2. The maximum atomic E-state index is 11.6. The van der Waals surface area contributed by atoms with Gasteiger partial charge in [0.2, 0.25) is 0 Å². The molecule has 0 radical (unpaired) electrons. The van der Waals surface area contributed by atoms with Crippen LogP contribution in [-0.4, -0.2) is 25.1 Å². The molecular formula is C10H17N3O5S2. The molecule has 8 nitrogen and oxygen atoms in total. The maximum absolute atomic E-state index is 11.6. The summed E-state index contributed by atoms with van der Waals surface area (Å²) in [6.07, 6.45) is -0.634. The maximum Gasteiger partial charge on any atom is 0.413 e. The number of carbonyl (C=O) groups excluding carboxylic acids is 1. The van der Waals surface area contributed by atoms with E-state index in [0.717, 1.165) is 11.3 Å². The van der Waals surface area contributed by atoms with Crippen molar-refractivity contribution in [3.63, 3.8) is 0 Å². The molecule has 0 saturated heterocycles. The van der Waals surface area contributed by atoms with Crippen LogP contribution in [-0.2, 0) is 25.8 Å². The van der Waals surface area contributed by atoms with Crippen molar-refractivity contribution >= 4 is 32.9 Å². The summed E-state index contributed by atoms with van der Waals surface area (Å²) in [5, 5.41) is 7.50. The Morgan fingerprint density at radius 3 is 2.55 bits per heavy atom. The molecule has 0 bridgehead atoms. The number of thiazole rings is 1. The van der Waals surface area contributed by atoms with Crippen LogP contribution in [0.1, 0.15) is 31.3 Å². The molecule has 3 N–H and O–H groups in total. The number of nitrogens with one attached hydrogen (secondary N) is 1. The minimum Gasteiger partial charge on any atom is -0.444 e. The first-order valence-electron chi connectivity index (χ1n) is 5.60. The Bertz CT molecular complexity index is 589. The summed E-state index contributed by atoms with van der Waals surface area (Å²) in [4.78, 5) is 16.2. The summed E-state index contributed by atoms with van der Waals surface area (Å²) in [6, 6.07) is 0. The van der Waals surface area contributed by atoms with Gasteiger partial charge in [-0.2, -0.15) is 8.42 Å². The molecule has 1 aromatic rings. The Morgan fingerprint density at radius 1 is 1.45 bits per heavy atom. The Hall–Kier alpha value is -1.23. The van der Waals surface area contributed by atoms with Gasteiger partial charge in [-0.3, -0.25) is 9.50 Å². The van der Waals surface area contributed by atoms with E-state index in [-0.39, 0.29) is 6.61 Å². The third-order valence-electron chi connectivity index (χ3n) is 1.85. The Labute approximate surface area is 121 Å². The van der Waals surface area contributed by atoms with Gasteiger partial charge in [-0.1, -0.05) is 11.3 Å². The summed E-state index contributed by atoms with van der Waals surface area (Å²) in [5.41, 5.74) is -0.0691. The molecule has 20 heavy (non-hydrogen) atoms. The highest BCUT2D eigenvalue weighted by molar-refractivity contribution is 7.84. The van der Waals surface area contributed by atoms with E-state index in [1.165, 1.54) is 0 Å². The Balaban J connectivity index is 2.68. The topological polar surface area (TPSA) is 121 Å². The van der Waals surface area contributed by atoms with Crippen molar-refractivity contribution < 1.29 is 22.1 Å². The molecule has 0 saturated carbocycles. The number of carbonyl (C=O) groups is 1. The van der Waals surface area contributed by atoms with Crippen LogP contribution in [0, 0.1) is 6.92 Å². The Morgan fingerprint density at radius 2 is 2.05 bits per heavy atom. The van der Waals surface area contributed by atoms with Crippen molar-refractivity contribution in [3.05, 3.63) is 10.6 Å². The smallest absolute Gasteiger partial charge is 0.413 e. The van der Waals surface area contributed by atoms with Crippen molar-refractivity contribution in [1.29, 1.82) is 0 Å². The van der Waals surface area contributed by atoms with Crippen molar-refractivity contribution in [2.45, 2.75) is 39.9 Å².